The van der Waals surface area contributed by atoms with Crippen molar-refractivity contribution >= 4 is 11.8 Å². The van der Waals surface area contributed by atoms with Crippen LogP contribution in [0.3, 0.4) is 0 Å². The van der Waals surface area contributed by atoms with Crippen LogP contribution in [0.5, 0.6) is 0 Å². The molecule has 1 aliphatic rings. The van der Waals surface area contributed by atoms with Crippen LogP contribution >= 0.6 is 0 Å². The maximum atomic E-state index is 10.0. The monoisotopic (exact) mass is 217 g/mol. The summed E-state index contributed by atoms with van der Waals surface area (Å²) < 4.78 is 0. The molecule has 0 saturated carbocycles. The van der Waals surface area contributed by atoms with E-state index in [2.05, 4.69) is 29.2 Å². The number of anilines is 1. The van der Waals surface area contributed by atoms with Crippen molar-refractivity contribution in [2.24, 2.45) is 0 Å². The molecule has 0 bridgehead atoms. The van der Waals surface area contributed by atoms with Crippen molar-refractivity contribution < 1.29 is 5.11 Å². The Bertz CT molecular complexity index is 396. The van der Waals surface area contributed by atoms with Gasteiger partial charge in [-0.25, -0.2) is 0 Å². The smallest absolute Gasteiger partial charge is 0.0796 e. The molecule has 0 heterocycles. The van der Waals surface area contributed by atoms with Gasteiger partial charge < -0.3 is 10.0 Å². The van der Waals surface area contributed by atoms with E-state index < -0.39 is 0 Å². The molecule has 1 aromatic rings. The van der Waals surface area contributed by atoms with Gasteiger partial charge in [-0.15, -0.1) is 0 Å². The molecular formula is C14H19NO. The quantitative estimate of drug-likeness (QED) is 0.781. The summed E-state index contributed by atoms with van der Waals surface area (Å²) in [5.41, 5.74) is 3.39. The number of allylic oxidation sites excluding steroid dienone is 1. The minimum atomic E-state index is -0.309. The highest BCUT2D eigenvalue weighted by Gasteiger charge is 2.13. The van der Waals surface area contributed by atoms with E-state index >= 15 is 0 Å². The Morgan fingerprint density at radius 1 is 1.31 bits per heavy atom. The third-order valence-electron chi connectivity index (χ3n) is 3.09. The van der Waals surface area contributed by atoms with Crippen molar-refractivity contribution in [3.63, 3.8) is 0 Å². The van der Waals surface area contributed by atoms with Gasteiger partial charge >= 0.3 is 0 Å². The molecule has 0 radical (unpaired) electrons. The molecule has 0 fully saturated rings. The summed E-state index contributed by atoms with van der Waals surface area (Å²) in [5, 5.41) is 10.0. The first-order valence-corrected chi connectivity index (χ1v) is 5.84. The molecule has 0 spiro atoms. The van der Waals surface area contributed by atoms with E-state index in [-0.39, 0.29) is 6.10 Å². The normalized spacial score (nSPS) is 21.8. The van der Waals surface area contributed by atoms with Gasteiger partial charge in [0.25, 0.3) is 0 Å². The van der Waals surface area contributed by atoms with Crippen LogP contribution in [0.15, 0.2) is 24.3 Å². The van der Waals surface area contributed by atoms with Crippen LogP contribution in [0, 0.1) is 0 Å². The molecule has 1 aromatic carbocycles. The van der Waals surface area contributed by atoms with Crippen LogP contribution in [-0.2, 0) is 0 Å². The van der Waals surface area contributed by atoms with Crippen molar-refractivity contribution in [2.75, 3.05) is 19.0 Å². The second-order valence-electron chi connectivity index (χ2n) is 4.56. The summed E-state index contributed by atoms with van der Waals surface area (Å²) in [6.07, 6.45) is 7.00. The van der Waals surface area contributed by atoms with Gasteiger partial charge in [0.15, 0.2) is 0 Å². The Labute approximate surface area is 97.2 Å². The standard InChI is InChI=1S/C14H19NO/c1-15(2)12-8-9-13-11(10-12)6-4-3-5-7-14(13)16/h4,6,8-10,14,16H,3,5,7H2,1-2H3/b6-4-. The fraction of sp³-hybridized carbons (Fsp3) is 0.429. The lowest BCUT2D eigenvalue weighted by atomic mass is 9.95. The lowest BCUT2D eigenvalue weighted by molar-refractivity contribution is 0.164. The summed E-state index contributed by atoms with van der Waals surface area (Å²) in [6.45, 7) is 0. The van der Waals surface area contributed by atoms with Crippen molar-refractivity contribution in [3.8, 4) is 0 Å². The third-order valence-corrected chi connectivity index (χ3v) is 3.09. The van der Waals surface area contributed by atoms with Gasteiger partial charge in [-0.05, 0) is 42.5 Å². The summed E-state index contributed by atoms with van der Waals surface area (Å²) in [7, 11) is 4.07. The predicted octanol–water partition coefficient (Wildman–Crippen LogP) is 2.98. The average Bonchev–Trinajstić information content (AvgIpc) is 2.25. The Morgan fingerprint density at radius 2 is 2.12 bits per heavy atom. The largest absolute Gasteiger partial charge is 0.388 e. The summed E-state index contributed by atoms with van der Waals surface area (Å²) in [4.78, 5) is 2.08. The maximum absolute atomic E-state index is 10.0. The van der Waals surface area contributed by atoms with Crippen molar-refractivity contribution in [3.05, 3.63) is 35.4 Å². The first-order valence-electron chi connectivity index (χ1n) is 5.84. The van der Waals surface area contributed by atoms with Crippen LogP contribution in [0.4, 0.5) is 5.69 Å². The third kappa shape index (κ3) is 2.27. The Kier molecular flexibility index (Phi) is 3.30. The molecule has 2 rings (SSSR count). The second-order valence-corrected chi connectivity index (χ2v) is 4.56. The number of hydrogen-bond acceptors (Lipinski definition) is 2. The van der Waals surface area contributed by atoms with E-state index in [1.807, 2.05) is 20.2 Å². The van der Waals surface area contributed by atoms with Crippen molar-refractivity contribution in [1.82, 2.24) is 0 Å². The molecule has 86 valence electrons. The van der Waals surface area contributed by atoms with E-state index in [4.69, 9.17) is 0 Å². The molecule has 0 aromatic heterocycles. The minimum Gasteiger partial charge on any atom is -0.388 e. The summed E-state index contributed by atoms with van der Waals surface area (Å²) in [6, 6.07) is 6.25. The number of aliphatic hydroxyl groups excluding tert-OH is 1. The molecule has 1 N–H and O–H groups in total. The van der Waals surface area contributed by atoms with Gasteiger partial charge in [0.05, 0.1) is 6.10 Å². The van der Waals surface area contributed by atoms with Crippen LogP contribution < -0.4 is 4.90 Å². The minimum absolute atomic E-state index is 0.309. The van der Waals surface area contributed by atoms with Crippen LogP contribution in [0.1, 0.15) is 36.5 Å². The lowest BCUT2D eigenvalue weighted by Gasteiger charge is -2.19. The molecular weight excluding hydrogens is 198 g/mol. The zero-order valence-corrected chi connectivity index (χ0v) is 9.98. The van der Waals surface area contributed by atoms with Crippen molar-refractivity contribution in [1.29, 1.82) is 0 Å². The number of rotatable bonds is 1. The summed E-state index contributed by atoms with van der Waals surface area (Å²) >= 11 is 0. The van der Waals surface area contributed by atoms with E-state index in [1.54, 1.807) is 0 Å². The topological polar surface area (TPSA) is 23.5 Å². The first-order chi connectivity index (χ1) is 7.68. The van der Waals surface area contributed by atoms with E-state index in [9.17, 15) is 5.11 Å². The number of nitrogens with zero attached hydrogens (tertiary/aromatic N) is 1. The van der Waals surface area contributed by atoms with Gasteiger partial charge in [-0.1, -0.05) is 18.2 Å². The zero-order chi connectivity index (χ0) is 11.5. The molecule has 2 heteroatoms. The molecule has 16 heavy (non-hydrogen) atoms. The average molecular weight is 217 g/mol. The SMILES string of the molecule is CN(C)c1ccc2c(c1)/C=C\CCCC2O. The molecule has 1 aliphatic carbocycles. The van der Waals surface area contributed by atoms with Gasteiger partial charge in [0.1, 0.15) is 0 Å². The Morgan fingerprint density at radius 3 is 2.88 bits per heavy atom. The van der Waals surface area contributed by atoms with E-state index in [1.165, 1.54) is 5.69 Å². The molecule has 0 aliphatic heterocycles. The summed E-state index contributed by atoms with van der Waals surface area (Å²) in [5.74, 6) is 0. The Hall–Kier alpha value is -1.28. The molecule has 1 atom stereocenters. The van der Waals surface area contributed by atoms with Crippen LogP contribution in [0.2, 0.25) is 0 Å². The lowest BCUT2D eigenvalue weighted by Crippen LogP contribution is -2.10. The number of fused-ring (bicyclic) bond motifs is 1. The molecule has 2 nitrogen and oxygen atoms in total. The fourth-order valence-electron chi connectivity index (χ4n) is 2.08. The molecule has 1 unspecified atom stereocenters. The number of aliphatic hydroxyl groups is 1. The predicted molar refractivity (Wildman–Crippen MR) is 68.6 cm³/mol. The van der Waals surface area contributed by atoms with E-state index in [0.29, 0.717) is 0 Å². The molecule has 0 amide bonds. The number of hydrogen-bond donors (Lipinski definition) is 1. The Balaban J connectivity index is 2.43. The number of benzene rings is 1. The highest BCUT2D eigenvalue weighted by atomic mass is 16.3. The van der Waals surface area contributed by atoms with Crippen molar-refractivity contribution in [2.45, 2.75) is 25.4 Å². The second kappa shape index (κ2) is 4.71. The fourth-order valence-corrected chi connectivity index (χ4v) is 2.08. The van der Waals surface area contributed by atoms with Gasteiger partial charge in [-0.2, -0.15) is 0 Å². The van der Waals surface area contributed by atoms with Crippen LogP contribution in [0.25, 0.3) is 6.08 Å². The van der Waals surface area contributed by atoms with Gasteiger partial charge in [0, 0.05) is 19.8 Å². The maximum Gasteiger partial charge on any atom is 0.0796 e. The zero-order valence-electron chi connectivity index (χ0n) is 9.98. The first kappa shape index (κ1) is 11.2. The van der Waals surface area contributed by atoms with Gasteiger partial charge in [0.2, 0.25) is 0 Å². The highest BCUT2D eigenvalue weighted by molar-refractivity contribution is 5.62. The van der Waals surface area contributed by atoms with Crippen LogP contribution in [-0.4, -0.2) is 19.2 Å². The van der Waals surface area contributed by atoms with Gasteiger partial charge in [-0.3, -0.25) is 0 Å². The molecule has 0 saturated heterocycles. The highest BCUT2D eigenvalue weighted by Crippen LogP contribution is 2.29. The van der Waals surface area contributed by atoms with E-state index in [0.717, 1.165) is 30.4 Å².